The fourth-order valence-corrected chi connectivity index (χ4v) is 2.67. The van der Waals surface area contributed by atoms with E-state index in [9.17, 15) is 0 Å². The summed E-state index contributed by atoms with van der Waals surface area (Å²) < 4.78 is 0. The number of hydrogen-bond donors (Lipinski definition) is 1. The van der Waals surface area contributed by atoms with Crippen LogP contribution in [0, 0.1) is 6.92 Å². The molecule has 18 heavy (non-hydrogen) atoms. The van der Waals surface area contributed by atoms with Crippen LogP contribution in [0.5, 0.6) is 0 Å². The normalized spacial score (nSPS) is 10.6. The quantitative estimate of drug-likeness (QED) is 0.899. The van der Waals surface area contributed by atoms with Gasteiger partial charge < -0.3 is 10.6 Å². The van der Waals surface area contributed by atoms with Crippen molar-refractivity contribution in [1.29, 1.82) is 0 Å². The molecular weight excluding hydrogens is 242 g/mol. The number of nitrogens with zero attached hydrogens (tertiary/aromatic N) is 2. The number of nitrogens with two attached hydrogens (primary N) is 1. The minimum absolute atomic E-state index is 0.549. The Kier molecular flexibility index (Phi) is 4.33. The third kappa shape index (κ3) is 3.09. The highest BCUT2D eigenvalue weighted by molar-refractivity contribution is 7.09. The predicted molar refractivity (Wildman–Crippen MR) is 78.2 cm³/mol. The lowest BCUT2D eigenvalue weighted by molar-refractivity contribution is 0.860. The second kappa shape index (κ2) is 5.98. The van der Waals surface area contributed by atoms with Gasteiger partial charge in [-0.3, -0.25) is 0 Å². The molecule has 0 fully saturated rings. The van der Waals surface area contributed by atoms with Gasteiger partial charge in [-0.15, -0.1) is 11.3 Å². The van der Waals surface area contributed by atoms with Crippen LogP contribution in [0.1, 0.15) is 16.0 Å². The van der Waals surface area contributed by atoms with E-state index in [1.54, 1.807) is 11.3 Å². The molecule has 0 aromatic carbocycles. The van der Waals surface area contributed by atoms with E-state index in [-0.39, 0.29) is 0 Å². The van der Waals surface area contributed by atoms with Gasteiger partial charge in [0.15, 0.2) is 0 Å². The molecule has 0 aliphatic carbocycles. The van der Waals surface area contributed by atoms with Crippen molar-refractivity contribution in [3.8, 4) is 0 Å². The SMILES string of the molecule is Cc1cc(CN)cnc1N(C)CCc1cccs1. The molecule has 2 N–H and O–H groups in total. The molecule has 4 heteroatoms. The van der Waals surface area contributed by atoms with Crippen molar-refractivity contribution in [2.45, 2.75) is 19.9 Å². The van der Waals surface area contributed by atoms with Crippen LogP contribution >= 0.6 is 11.3 Å². The van der Waals surface area contributed by atoms with Gasteiger partial charge in [0, 0.05) is 31.2 Å². The first-order chi connectivity index (χ1) is 8.70. The summed E-state index contributed by atoms with van der Waals surface area (Å²) in [5, 5.41) is 2.12. The Hall–Kier alpha value is -1.39. The summed E-state index contributed by atoms with van der Waals surface area (Å²) in [5.41, 5.74) is 7.89. The van der Waals surface area contributed by atoms with Crippen LogP contribution in [0.25, 0.3) is 0 Å². The second-order valence-corrected chi connectivity index (χ2v) is 5.47. The summed E-state index contributed by atoms with van der Waals surface area (Å²) in [6, 6.07) is 6.39. The molecule has 2 aromatic heterocycles. The molecule has 0 unspecified atom stereocenters. The van der Waals surface area contributed by atoms with Crippen LogP contribution in [-0.2, 0) is 13.0 Å². The van der Waals surface area contributed by atoms with E-state index in [2.05, 4.69) is 47.4 Å². The minimum Gasteiger partial charge on any atom is -0.359 e. The van der Waals surface area contributed by atoms with Crippen molar-refractivity contribution in [1.82, 2.24) is 4.98 Å². The van der Waals surface area contributed by atoms with E-state index in [0.29, 0.717) is 6.54 Å². The lowest BCUT2D eigenvalue weighted by Crippen LogP contribution is -2.22. The van der Waals surface area contributed by atoms with Gasteiger partial charge in [-0.1, -0.05) is 6.07 Å². The van der Waals surface area contributed by atoms with Gasteiger partial charge in [0.25, 0.3) is 0 Å². The molecule has 0 saturated heterocycles. The second-order valence-electron chi connectivity index (χ2n) is 4.44. The minimum atomic E-state index is 0.549. The van der Waals surface area contributed by atoms with Crippen molar-refractivity contribution in [2.24, 2.45) is 5.73 Å². The van der Waals surface area contributed by atoms with Crippen molar-refractivity contribution < 1.29 is 0 Å². The zero-order valence-corrected chi connectivity index (χ0v) is 11.7. The van der Waals surface area contributed by atoms with Crippen molar-refractivity contribution in [3.63, 3.8) is 0 Å². The summed E-state index contributed by atoms with van der Waals surface area (Å²) in [4.78, 5) is 8.12. The van der Waals surface area contributed by atoms with E-state index < -0.39 is 0 Å². The number of rotatable bonds is 5. The van der Waals surface area contributed by atoms with E-state index in [1.807, 2.05) is 6.20 Å². The van der Waals surface area contributed by atoms with E-state index in [4.69, 9.17) is 5.73 Å². The van der Waals surface area contributed by atoms with Crippen molar-refractivity contribution >= 4 is 17.2 Å². The average molecular weight is 261 g/mol. The van der Waals surface area contributed by atoms with E-state index >= 15 is 0 Å². The molecule has 0 saturated carbocycles. The van der Waals surface area contributed by atoms with Crippen LogP contribution in [0.4, 0.5) is 5.82 Å². The number of likely N-dealkylation sites (N-methyl/N-ethyl adjacent to an activating group) is 1. The Bertz CT molecular complexity index is 494. The smallest absolute Gasteiger partial charge is 0.131 e. The monoisotopic (exact) mass is 261 g/mol. The van der Waals surface area contributed by atoms with Gasteiger partial charge in [0.2, 0.25) is 0 Å². The Morgan fingerprint density at radius 3 is 2.89 bits per heavy atom. The summed E-state index contributed by atoms with van der Waals surface area (Å²) in [6.07, 6.45) is 2.93. The summed E-state index contributed by atoms with van der Waals surface area (Å²) >= 11 is 1.81. The molecule has 96 valence electrons. The first-order valence-corrected chi connectivity index (χ1v) is 6.98. The van der Waals surface area contributed by atoms with Crippen LogP contribution in [0.3, 0.4) is 0 Å². The molecule has 2 aromatic rings. The van der Waals surface area contributed by atoms with Crippen LogP contribution in [-0.4, -0.2) is 18.6 Å². The highest BCUT2D eigenvalue weighted by Gasteiger charge is 2.07. The fraction of sp³-hybridized carbons (Fsp3) is 0.357. The van der Waals surface area contributed by atoms with Crippen LogP contribution in [0.2, 0.25) is 0 Å². The van der Waals surface area contributed by atoms with Gasteiger partial charge in [0.05, 0.1) is 0 Å². The van der Waals surface area contributed by atoms with Crippen molar-refractivity contribution in [3.05, 3.63) is 45.8 Å². The molecule has 0 amide bonds. The largest absolute Gasteiger partial charge is 0.359 e. The molecular formula is C14H19N3S. The fourth-order valence-electron chi connectivity index (χ4n) is 1.98. The van der Waals surface area contributed by atoms with Crippen molar-refractivity contribution in [2.75, 3.05) is 18.5 Å². The lowest BCUT2D eigenvalue weighted by Gasteiger charge is -2.20. The number of anilines is 1. The van der Waals surface area contributed by atoms with E-state index in [1.165, 1.54) is 10.4 Å². The van der Waals surface area contributed by atoms with Gasteiger partial charge >= 0.3 is 0 Å². The number of aryl methyl sites for hydroxylation is 1. The van der Waals surface area contributed by atoms with E-state index in [0.717, 1.165) is 24.3 Å². The number of thiophene rings is 1. The topological polar surface area (TPSA) is 42.1 Å². The molecule has 2 heterocycles. The zero-order chi connectivity index (χ0) is 13.0. The van der Waals surface area contributed by atoms with Gasteiger partial charge in [-0.25, -0.2) is 4.98 Å². The van der Waals surface area contributed by atoms with Gasteiger partial charge in [-0.05, 0) is 42.0 Å². The third-order valence-electron chi connectivity index (χ3n) is 2.98. The van der Waals surface area contributed by atoms with Crippen LogP contribution < -0.4 is 10.6 Å². The van der Waals surface area contributed by atoms with Crippen LogP contribution in [0.15, 0.2) is 29.8 Å². The summed E-state index contributed by atoms with van der Waals surface area (Å²) in [5.74, 6) is 1.05. The first-order valence-electron chi connectivity index (χ1n) is 6.10. The highest BCUT2D eigenvalue weighted by Crippen LogP contribution is 2.17. The Balaban J connectivity index is 2.02. The predicted octanol–water partition coefficient (Wildman–Crippen LogP) is 2.59. The summed E-state index contributed by atoms with van der Waals surface area (Å²) in [7, 11) is 2.09. The molecule has 3 nitrogen and oxygen atoms in total. The standard InChI is InChI=1S/C14H19N3S/c1-11-8-12(9-15)10-16-14(11)17(2)6-5-13-4-3-7-18-13/h3-4,7-8,10H,5-6,9,15H2,1-2H3. The molecule has 0 aliphatic rings. The molecule has 0 spiro atoms. The van der Waals surface area contributed by atoms with Gasteiger partial charge in [0.1, 0.15) is 5.82 Å². The lowest BCUT2D eigenvalue weighted by atomic mass is 10.2. The molecule has 0 radical (unpaired) electrons. The number of aromatic nitrogens is 1. The zero-order valence-electron chi connectivity index (χ0n) is 10.9. The maximum Gasteiger partial charge on any atom is 0.131 e. The van der Waals surface area contributed by atoms with Gasteiger partial charge in [-0.2, -0.15) is 0 Å². The molecule has 0 aliphatic heterocycles. The maximum atomic E-state index is 5.62. The Labute approximate surface area is 112 Å². The Morgan fingerprint density at radius 1 is 1.44 bits per heavy atom. The highest BCUT2D eigenvalue weighted by atomic mass is 32.1. The number of pyridine rings is 1. The molecule has 0 bridgehead atoms. The maximum absolute atomic E-state index is 5.62. The average Bonchev–Trinajstić information content (AvgIpc) is 2.88. The molecule has 2 rings (SSSR count). The number of hydrogen-bond acceptors (Lipinski definition) is 4. The first kappa shape index (κ1) is 13.1. The Morgan fingerprint density at radius 2 is 2.28 bits per heavy atom. The third-order valence-corrected chi connectivity index (χ3v) is 3.91. The molecule has 0 atom stereocenters. The summed E-state index contributed by atoms with van der Waals surface area (Å²) in [6.45, 7) is 3.62.